The Morgan fingerprint density at radius 2 is 1.67 bits per heavy atom. The molecule has 0 aromatic carbocycles. The summed E-state index contributed by atoms with van der Waals surface area (Å²) in [6.45, 7) is 8.85. The van der Waals surface area contributed by atoms with Crippen molar-refractivity contribution in [1.29, 1.82) is 0 Å². The molecule has 0 unspecified atom stereocenters. The van der Waals surface area contributed by atoms with E-state index in [1.807, 2.05) is 0 Å². The molecule has 1 saturated heterocycles. The molecular formula is C13H24O2. The summed E-state index contributed by atoms with van der Waals surface area (Å²) in [6.07, 6.45) is 5.31. The van der Waals surface area contributed by atoms with E-state index in [0.29, 0.717) is 0 Å². The first-order valence-corrected chi connectivity index (χ1v) is 6.42. The Bertz CT molecular complexity index is 217. The highest BCUT2D eigenvalue weighted by Gasteiger charge is 2.51. The van der Waals surface area contributed by atoms with Crippen molar-refractivity contribution in [1.82, 2.24) is 0 Å². The maximum atomic E-state index is 6.05. The Hall–Kier alpha value is -0.0800. The van der Waals surface area contributed by atoms with Gasteiger partial charge in [0.15, 0.2) is 5.79 Å². The van der Waals surface area contributed by atoms with Crippen molar-refractivity contribution in [2.24, 2.45) is 11.8 Å². The van der Waals surface area contributed by atoms with Crippen LogP contribution in [0, 0.1) is 11.8 Å². The monoisotopic (exact) mass is 212 g/mol. The van der Waals surface area contributed by atoms with Crippen LogP contribution in [0.25, 0.3) is 0 Å². The highest BCUT2D eigenvalue weighted by molar-refractivity contribution is 4.93. The fourth-order valence-corrected chi connectivity index (χ4v) is 3.19. The number of ether oxygens (including phenoxy) is 2. The van der Waals surface area contributed by atoms with Crippen LogP contribution in [0.5, 0.6) is 0 Å². The van der Waals surface area contributed by atoms with E-state index in [1.54, 1.807) is 0 Å². The zero-order chi connectivity index (χ0) is 11.1. The van der Waals surface area contributed by atoms with E-state index in [2.05, 4.69) is 27.7 Å². The molecule has 2 rings (SSSR count). The Morgan fingerprint density at radius 1 is 1.07 bits per heavy atom. The number of hydrogen-bond donors (Lipinski definition) is 0. The van der Waals surface area contributed by atoms with Crippen LogP contribution in [0.3, 0.4) is 0 Å². The molecule has 1 saturated carbocycles. The summed E-state index contributed by atoms with van der Waals surface area (Å²) >= 11 is 0. The second kappa shape index (κ2) is 4.06. The smallest absolute Gasteiger partial charge is 0.169 e. The van der Waals surface area contributed by atoms with Crippen LogP contribution in [0.1, 0.15) is 53.4 Å². The summed E-state index contributed by atoms with van der Waals surface area (Å²) in [7, 11) is 0. The van der Waals surface area contributed by atoms with Crippen LogP contribution in [0.2, 0.25) is 0 Å². The molecule has 2 heteroatoms. The van der Waals surface area contributed by atoms with Crippen molar-refractivity contribution < 1.29 is 9.47 Å². The summed E-state index contributed by atoms with van der Waals surface area (Å²) in [6, 6.07) is 0. The van der Waals surface area contributed by atoms with Crippen LogP contribution < -0.4 is 0 Å². The maximum absolute atomic E-state index is 6.05. The Labute approximate surface area is 93.3 Å². The molecule has 0 aromatic rings. The number of rotatable bonds is 2. The Morgan fingerprint density at radius 3 is 2.20 bits per heavy atom. The largest absolute Gasteiger partial charge is 0.344 e. The molecule has 88 valence electrons. The lowest BCUT2D eigenvalue weighted by molar-refractivity contribution is -0.170. The minimum Gasteiger partial charge on any atom is -0.344 e. The van der Waals surface area contributed by atoms with Crippen molar-refractivity contribution in [3.8, 4) is 0 Å². The topological polar surface area (TPSA) is 18.5 Å². The van der Waals surface area contributed by atoms with Gasteiger partial charge in [-0.15, -0.1) is 0 Å². The van der Waals surface area contributed by atoms with Gasteiger partial charge in [-0.1, -0.05) is 26.7 Å². The summed E-state index contributed by atoms with van der Waals surface area (Å²) in [5.41, 5.74) is 0. The molecule has 2 nitrogen and oxygen atoms in total. The molecule has 0 bridgehead atoms. The highest BCUT2D eigenvalue weighted by Crippen LogP contribution is 2.48. The van der Waals surface area contributed by atoms with Gasteiger partial charge in [0.25, 0.3) is 0 Å². The second-order valence-electron chi connectivity index (χ2n) is 5.49. The summed E-state index contributed by atoms with van der Waals surface area (Å²) in [5.74, 6) is 1.33. The number of hydrogen-bond acceptors (Lipinski definition) is 2. The first-order valence-electron chi connectivity index (χ1n) is 6.42. The third kappa shape index (κ3) is 2.07. The van der Waals surface area contributed by atoms with Gasteiger partial charge in [0.05, 0.1) is 12.2 Å². The maximum Gasteiger partial charge on any atom is 0.169 e. The van der Waals surface area contributed by atoms with Gasteiger partial charge in [-0.3, -0.25) is 0 Å². The molecule has 2 fully saturated rings. The average molecular weight is 212 g/mol. The first-order chi connectivity index (χ1) is 7.06. The van der Waals surface area contributed by atoms with Crippen molar-refractivity contribution in [3.05, 3.63) is 0 Å². The fourth-order valence-electron chi connectivity index (χ4n) is 3.19. The molecule has 2 aliphatic rings. The van der Waals surface area contributed by atoms with Crippen LogP contribution >= 0.6 is 0 Å². The molecule has 0 radical (unpaired) electrons. The summed E-state index contributed by atoms with van der Waals surface area (Å²) in [4.78, 5) is 0. The van der Waals surface area contributed by atoms with Gasteiger partial charge in [0.1, 0.15) is 0 Å². The van der Waals surface area contributed by atoms with Crippen molar-refractivity contribution in [2.75, 3.05) is 0 Å². The second-order valence-corrected chi connectivity index (χ2v) is 5.49. The van der Waals surface area contributed by atoms with Gasteiger partial charge in [-0.25, -0.2) is 0 Å². The lowest BCUT2D eigenvalue weighted by Crippen LogP contribution is -2.27. The lowest BCUT2D eigenvalue weighted by Gasteiger charge is -2.22. The van der Waals surface area contributed by atoms with E-state index >= 15 is 0 Å². The lowest BCUT2D eigenvalue weighted by atomic mass is 9.94. The van der Waals surface area contributed by atoms with Crippen molar-refractivity contribution in [2.45, 2.75) is 71.4 Å². The molecular weight excluding hydrogens is 188 g/mol. The molecule has 0 amide bonds. The standard InChI is InChI=1S/C13H24O2/c1-5-6-12-8-13(7-9(12)2)14-10(3)11(4)15-13/h9-12H,5-8H2,1-4H3/t9-,10+,11+,12-/m0/s1. The SMILES string of the molecule is CCC[C@H]1CC2(C[C@@H]1C)O[C@H](C)[C@@H](C)O2. The Balaban J connectivity index is 2.01. The van der Waals surface area contributed by atoms with Crippen LogP contribution in [0.4, 0.5) is 0 Å². The van der Waals surface area contributed by atoms with E-state index in [-0.39, 0.29) is 18.0 Å². The minimum atomic E-state index is -0.224. The van der Waals surface area contributed by atoms with Crippen molar-refractivity contribution in [3.63, 3.8) is 0 Å². The van der Waals surface area contributed by atoms with Gasteiger partial charge in [-0.2, -0.15) is 0 Å². The zero-order valence-corrected chi connectivity index (χ0v) is 10.5. The molecule has 15 heavy (non-hydrogen) atoms. The minimum absolute atomic E-state index is 0.224. The molecule has 1 spiro atoms. The van der Waals surface area contributed by atoms with E-state index in [4.69, 9.17) is 9.47 Å². The van der Waals surface area contributed by atoms with Crippen LogP contribution in [-0.4, -0.2) is 18.0 Å². The molecule has 0 aromatic heterocycles. The fraction of sp³-hybridized carbons (Fsp3) is 1.00. The predicted octanol–water partition coefficient (Wildman–Crippen LogP) is 3.35. The Kier molecular flexibility index (Phi) is 3.09. The van der Waals surface area contributed by atoms with Gasteiger partial charge >= 0.3 is 0 Å². The summed E-state index contributed by atoms with van der Waals surface area (Å²) in [5, 5.41) is 0. The van der Waals surface area contributed by atoms with Crippen LogP contribution in [-0.2, 0) is 9.47 Å². The van der Waals surface area contributed by atoms with Crippen LogP contribution in [0.15, 0.2) is 0 Å². The van der Waals surface area contributed by atoms with E-state index in [0.717, 1.165) is 24.7 Å². The molecule has 4 atom stereocenters. The molecule has 0 N–H and O–H groups in total. The average Bonchev–Trinajstić information content (AvgIpc) is 2.56. The quantitative estimate of drug-likeness (QED) is 0.699. The van der Waals surface area contributed by atoms with Gasteiger partial charge in [0, 0.05) is 12.8 Å². The molecule has 1 aliphatic carbocycles. The highest BCUT2D eigenvalue weighted by atomic mass is 16.8. The van der Waals surface area contributed by atoms with E-state index in [1.165, 1.54) is 12.8 Å². The molecule has 1 heterocycles. The third-order valence-corrected chi connectivity index (χ3v) is 4.13. The van der Waals surface area contributed by atoms with Gasteiger partial charge in [-0.05, 0) is 25.7 Å². The van der Waals surface area contributed by atoms with Crippen molar-refractivity contribution >= 4 is 0 Å². The van der Waals surface area contributed by atoms with Gasteiger partial charge in [0.2, 0.25) is 0 Å². The third-order valence-electron chi connectivity index (χ3n) is 4.13. The first kappa shape index (κ1) is 11.4. The zero-order valence-electron chi connectivity index (χ0n) is 10.5. The predicted molar refractivity (Wildman–Crippen MR) is 60.6 cm³/mol. The van der Waals surface area contributed by atoms with E-state index in [9.17, 15) is 0 Å². The van der Waals surface area contributed by atoms with E-state index < -0.39 is 0 Å². The normalized spacial score (nSPS) is 44.0. The molecule has 1 aliphatic heterocycles. The summed E-state index contributed by atoms with van der Waals surface area (Å²) < 4.78 is 12.1. The van der Waals surface area contributed by atoms with Gasteiger partial charge < -0.3 is 9.47 Å².